The summed E-state index contributed by atoms with van der Waals surface area (Å²) in [6.07, 6.45) is 0. The van der Waals surface area contributed by atoms with E-state index in [1.165, 1.54) is 43.5 Å². The summed E-state index contributed by atoms with van der Waals surface area (Å²) in [5.74, 6) is -0.730. The fourth-order valence-electron chi connectivity index (χ4n) is 2.77. The van der Waals surface area contributed by atoms with Gasteiger partial charge in [-0.25, -0.2) is 12.8 Å². The minimum absolute atomic E-state index is 0.0302. The second-order valence-corrected chi connectivity index (χ2v) is 8.50. The molecule has 2 aromatic carbocycles. The van der Waals surface area contributed by atoms with Crippen molar-refractivity contribution < 1.29 is 27.1 Å². The first kappa shape index (κ1) is 19.3. The molecule has 0 atom stereocenters. The Morgan fingerprint density at radius 2 is 2.00 bits per heavy atom. The second kappa shape index (κ2) is 7.66. The number of aryl methyl sites for hydroxylation is 1. The van der Waals surface area contributed by atoms with Gasteiger partial charge in [-0.15, -0.1) is 0 Å². The van der Waals surface area contributed by atoms with Crippen LogP contribution in [0, 0.1) is 18.7 Å². The van der Waals surface area contributed by atoms with Crippen LogP contribution in [0.4, 0.5) is 10.1 Å². The molecule has 8 heteroatoms. The Bertz CT molecular complexity index is 970. The van der Waals surface area contributed by atoms with Gasteiger partial charge in [0, 0.05) is 11.6 Å². The highest BCUT2D eigenvalue weighted by molar-refractivity contribution is 7.91. The summed E-state index contributed by atoms with van der Waals surface area (Å²) in [4.78, 5) is 12.7. The number of hydrogen-bond donors (Lipinski definition) is 1. The van der Waals surface area contributed by atoms with Gasteiger partial charge >= 0.3 is 0 Å². The minimum Gasteiger partial charge on any atom is -0.496 e. The van der Waals surface area contributed by atoms with E-state index in [1.54, 1.807) is 6.92 Å². The second-order valence-electron chi connectivity index (χ2n) is 6.47. The van der Waals surface area contributed by atoms with Crippen LogP contribution in [0.5, 0.6) is 5.75 Å². The number of sulfone groups is 1. The first-order valence-electron chi connectivity index (χ1n) is 8.36. The lowest BCUT2D eigenvalue weighted by atomic mass is 10.1. The summed E-state index contributed by atoms with van der Waals surface area (Å²) < 4.78 is 48.8. The number of ether oxygens (including phenoxy) is 2. The highest BCUT2D eigenvalue weighted by Gasteiger charge is 2.28. The number of anilines is 1. The minimum atomic E-state index is -3.55. The Hall–Kier alpha value is -2.45. The zero-order valence-corrected chi connectivity index (χ0v) is 15.8. The molecule has 1 heterocycles. The van der Waals surface area contributed by atoms with Crippen molar-refractivity contribution >= 4 is 21.4 Å². The lowest BCUT2D eigenvalue weighted by Gasteiger charge is -2.25. The number of halogens is 1. The van der Waals surface area contributed by atoms with Crippen LogP contribution in [0.2, 0.25) is 0 Å². The van der Waals surface area contributed by atoms with Gasteiger partial charge in [0.1, 0.15) is 11.6 Å². The maximum atomic E-state index is 13.4. The van der Waals surface area contributed by atoms with Crippen molar-refractivity contribution in [3.8, 4) is 5.75 Å². The fraction of sp³-hybridized carbons (Fsp3) is 0.316. The van der Waals surface area contributed by atoms with Gasteiger partial charge in [0.25, 0.3) is 5.91 Å². The molecule has 0 spiro atoms. The van der Waals surface area contributed by atoms with Crippen LogP contribution in [-0.2, 0) is 14.6 Å². The summed E-state index contributed by atoms with van der Waals surface area (Å²) in [5, 5.41) is 2.64. The Morgan fingerprint density at radius 1 is 1.26 bits per heavy atom. The van der Waals surface area contributed by atoms with E-state index in [0.29, 0.717) is 24.5 Å². The van der Waals surface area contributed by atoms with Crippen LogP contribution >= 0.6 is 0 Å². The molecule has 1 amide bonds. The molecule has 6 nitrogen and oxygen atoms in total. The van der Waals surface area contributed by atoms with Gasteiger partial charge in [-0.1, -0.05) is 0 Å². The summed E-state index contributed by atoms with van der Waals surface area (Å²) in [6, 6.07) is 8.37. The Morgan fingerprint density at radius 3 is 2.59 bits per heavy atom. The van der Waals surface area contributed by atoms with Gasteiger partial charge in [-0.05, 0) is 48.9 Å². The molecule has 0 unspecified atom stereocenters. The van der Waals surface area contributed by atoms with Gasteiger partial charge < -0.3 is 14.8 Å². The van der Waals surface area contributed by atoms with Gasteiger partial charge in [0.15, 0.2) is 9.84 Å². The predicted molar refractivity (Wildman–Crippen MR) is 98.4 cm³/mol. The molecule has 0 bridgehead atoms. The smallest absolute Gasteiger partial charge is 0.259 e. The van der Waals surface area contributed by atoms with E-state index in [0.717, 1.165) is 0 Å². The van der Waals surface area contributed by atoms with Gasteiger partial charge in [0.05, 0.1) is 36.5 Å². The SMILES string of the molecule is COc1ccc(S(=O)(=O)CC2COC2)cc1C(=O)Nc1ccc(F)c(C)c1. The Labute approximate surface area is 157 Å². The highest BCUT2D eigenvalue weighted by atomic mass is 32.2. The van der Waals surface area contributed by atoms with Crippen molar-refractivity contribution in [2.75, 3.05) is 31.4 Å². The number of nitrogens with one attached hydrogen (secondary N) is 1. The number of carbonyl (C=O) groups excluding carboxylic acids is 1. The van der Waals surface area contributed by atoms with E-state index in [-0.39, 0.29) is 33.7 Å². The molecule has 1 aliphatic rings. The van der Waals surface area contributed by atoms with Crippen molar-refractivity contribution in [2.45, 2.75) is 11.8 Å². The third-order valence-corrected chi connectivity index (χ3v) is 6.24. The van der Waals surface area contributed by atoms with Crippen molar-refractivity contribution in [3.63, 3.8) is 0 Å². The van der Waals surface area contributed by atoms with E-state index >= 15 is 0 Å². The van der Waals surface area contributed by atoms with E-state index in [4.69, 9.17) is 9.47 Å². The predicted octanol–water partition coefficient (Wildman–Crippen LogP) is 2.82. The lowest BCUT2D eigenvalue weighted by Crippen LogP contribution is -2.33. The molecule has 1 saturated heterocycles. The Balaban J connectivity index is 1.88. The summed E-state index contributed by atoms with van der Waals surface area (Å²) >= 11 is 0. The van der Waals surface area contributed by atoms with E-state index in [1.807, 2.05) is 0 Å². The van der Waals surface area contributed by atoms with Crippen LogP contribution in [-0.4, -0.2) is 40.4 Å². The molecule has 0 aromatic heterocycles. The molecular formula is C19H20FNO5S. The first-order chi connectivity index (χ1) is 12.8. The average molecular weight is 393 g/mol. The zero-order valence-electron chi connectivity index (χ0n) is 15.0. The molecule has 0 aliphatic carbocycles. The Kier molecular flexibility index (Phi) is 5.48. The first-order valence-corrected chi connectivity index (χ1v) is 10.0. The van der Waals surface area contributed by atoms with Crippen molar-refractivity contribution in [2.24, 2.45) is 5.92 Å². The van der Waals surface area contributed by atoms with E-state index < -0.39 is 15.7 Å². The average Bonchev–Trinajstić information content (AvgIpc) is 2.61. The molecule has 2 aromatic rings. The molecular weight excluding hydrogens is 373 g/mol. The number of hydrogen-bond acceptors (Lipinski definition) is 5. The third kappa shape index (κ3) is 4.28. The third-order valence-electron chi connectivity index (χ3n) is 4.35. The van der Waals surface area contributed by atoms with Crippen LogP contribution in [0.15, 0.2) is 41.3 Å². The number of benzene rings is 2. The van der Waals surface area contributed by atoms with Crippen molar-refractivity contribution in [1.29, 1.82) is 0 Å². The molecule has 0 radical (unpaired) electrons. The van der Waals surface area contributed by atoms with Crippen LogP contribution in [0.25, 0.3) is 0 Å². The summed E-state index contributed by atoms with van der Waals surface area (Å²) in [6.45, 7) is 2.43. The standard InChI is InChI=1S/C19H20FNO5S/c1-12-7-14(3-5-17(12)20)21-19(22)16-8-15(4-6-18(16)25-2)27(23,24)11-13-9-26-10-13/h3-8,13H,9-11H2,1-2H3,(H,21,22). The highest BCUT2D eigenvalue weighted by Crippen LogP contribution is 2.26. The molecule has 144 valence electrons. The quantitative estimate of drug-likeness (QED) is 0.816. The lowest BCUT2D eigenvalue weighted by molar-refractivity contribution is -0.0204. The molecule has 1 aliphatic heterocycles. The topological polar surface area (TPSA) is 81.7 Å². The number of methoxy groups -OCH3 is 1. The maximum absolute atomic E-state index is 13.4. The van der Waals surface area contributed by atoms with Crippen molar-refractivity contribution in [1.82, 2.24) is 0 Å². The zero-order chi connectivity index (χ0) is 19.6. The van der Waals surface area contributed by atoms with Crippen molar-refractivity contribution in [3.05, 3.63) is 53.3 Å². The largest absolute Gasteiger partial charge is 0.496 e. The van der Waals surface area contributed by atoms with Gasteiger partial charge in [-0.3, -0.25) is 4.79 Å². The van der Waals surface area contributed by atoms with Gasteiger partial charge in [-0.2, -0.15) is 0 Å². The molecule has 1 fully saturated rings. The summed E-state index contributed by atoms with van der Waals surface area (Å²) in [5.41, 5.74) is 0.880. The number of rotatable bonds is 6. The van der Waals surface area contributed by atoms with Crippen LogP contribution in [0.3, 0.4) is 0 Å². The summed E-state index contributed by atoms with van der Waals surface area (Å²) in [7, 11) is -2.15. The number of carbonyl (C=O) groups is 1. The monoisotopic (exact) mass is 393 g/mol. The molecule has 27 heavy (non-hydrogen) atoms. The van der Waals surface area contributed by atoms with Crippen LogP contribution < -0.4 is 10.1 Å². The maximum Gasteiger partial charge on any atom is 0.259 e. The van der Waals surface area contributed by atoms with Gasteiger partial charge in [0.2, 0.25) is 0 Å². The molecule has 0 saturated carbocycles. The molecule has 3 rings (SSSR count). The van der Waals surface area contributed by atoms with E-state index in [2.05, 4.69) is 5.32 Å². The molecule has 1 N–H and O–H groups in total. The van der Waals surface area contributed by atoms with Crippen LogP contribution in [0.1, 0.15) is 15.9 Å². The number of amides is 1. The van der Waals surface area contributed by atoms with E-state index in [9.17, 15) is 17.6 Å². The fourth-order valence-corrected chi connectivity index (χ4v) is 4.34. The normalized spacial score (nSPS) is 14.5.